The predicted molar refractivity (Wildman–Crippen MR) is 82.4 cm³/mol. The first-order valence-corrected chi connectivity index (χ1v) is 7.28. The van der Waals surface area contributed by atoms with Gasteiger partial charge in [0, 0.05) is 6.07 Å². The first kappa shape index (κ1) is 15.6. The Morgan fingerprint density at radius 2 is 1.71 bits per heavy atom. The lowest BCUT2D eigenvalue weighted by Crippen LogP contribution is -2.24. The summed E-state index contributed by atoms with van der Waals surface area (Å²) in [7, 11) is 0. The Kier molecular flexibility index (Phi) is 5.07. The Morgan fingerprint density at radius 3 is 2.33 bits per heavy atom. The maximum atomic E-state index is 13.5. The summed E-state index contributed by atoms with van der Waals surface area (Å²) in [5.74, 6) is -1.09. The van der Waals surface area contributed by atoms with Crippen molar-refractivity contribution in [3.63, 3.8) is 0 Å². The first-order valence-electron chi connectivity index (χ1n) is 7.28. The van der Waals surface area contributed by atoms with E-state index in [1.807, 2.05) is 32.0 Å². The predicted octanol–water partition coefficient (Wildman–Crippen LogP) is 4.67. The molecule has 2 rings (SSSR count). The van der Waals surface area contributed by atoms with Gasteiger partial charge in [-0.3, -0.25) is 0 Å². The largest absolute Gasteiger partial charge is 0.306 e. The molecule has 0 bridgehead atoms. The second kappa shape index (κ2) is 6.81. The van der Waals surface area contributed by atoms with Gasteiger partial charge in [-0.1, -0.05) is 25.1 Å². The van der Waals surface area contributed by atoms with Crippen LogP contribution in [0, 0.1) is 25.5 Å². The van der Waals surface area contributed by atoms with Gasteiger partial charge in [-0.25, -0.2) is 8.78 Å². The monoisotopic (exact) mass is 289 g/mol. The minimum absolute atomic E-state index is 0.199. The van der Waals surface area contributed by atoms with Crippen molar-refractivity contribution in [2.45, 2.75) is 33.2 Å². The Hall–Kier alpha value is -1.74. The summed E-state index contributed by atoms with van der Waals surface area (Å²) in [6, 6.07) is 9.55. The van der Waals surface area contributed by atoms with Gasteiger partial charge < -0.3 is 5.32 Å². The Bertz CT molecular complexity index is 602. The number of hydrogen-bond acceptors (Lipinski definition) is 1. The lowest BCUT2D eigenvalue weighted by atomic mass is 9.92. The molecule has 0 aliphatic rings. The molecule has 0 aliphatic carbocycles. The summed E-state index contributed by atoms with van der Waals surface area (Å²) < 4.78 is 27.1. The summed E-state index contributed by atoms with van der Waals surface area (Å²) >= 11 is 0. The molecular weight excluding hydrogens is 268 g/mol. The van der Waals surface area contributed by atoms with Crippen molar-refractivity contribution in [2.24, 2.45) is 0 Å². The van der Waals surface area contributed by atoms with Gasteiger partial charge in [-0.2, -0.15) is 0 Å². The van der Waals surface area contributed by atoms with Gasteiger partial charge in [0.1, 0.15) is 11.6 Å². The van der Waals surface area contributed by atoms with Gasteiger partial charge in [-0.15, -0.1) is 0 Å². The van der Waals surface area contributed by atoms with Gasteiger partial charge in [0.25, 0.3) is 0 Å². The molecule has 0 spiro atoms. The van der Waals surface area contributed by atoms with Crippen LogP contribution >= 0.6 is 0 Å². The molecular formula is C18H21F2N. The quantitative estimate of drug-likeness (QED) is 0.843. The van der Waals surface area contributed by atoms with Crippen LogP contribution in [0.15, 0.2) is 36.4 Å². The SMILES string of the molecule is CCCNC(c1cc(F)cc(F)c1)c1cccc(C)c1C. The summed E-state index contributed by atoms with van der Waals surface area (Å²) in [5.41, 5.74) is 4.01. The zero-order valence-corrected chi connectivity index (χ0v) is 12.7. The van der Waals surface area contributed by atoms with E-state index in [0.29, 0.717) is 5.56 Å². The first-order chi connectivity index (χ1) is 10.0. The molecule has 0 saturated heterocycles. The molecule has 1 nitrogen and oxygen atoms in total. The molecule has 0 fully saturated rings. The smallest absolute Gasteiger partial charge is 0.126 e. The molecule has 0 radical (unpaired) electrons. The van der Waals surface area contributed by atoms with E-state index in [0.717, 1.165) is 30.2 Å². The van der Waals surface area contributed by atoms with Crippen LogP contribution in [0.4, 0.5) is 8.78 Å². The fourth-order valence-electron chi connectivity index (χ4n) is 2.52. The summed E-state index contributed by atoms with van der Waals surface area (Å²) in [6.45, 7) is 6.94. The van der Waals surface area contributed by atoms with E-state index >= 15 is 0 Å². The lowest BCUT2D eigenvalue weighted by Gasteiger charge is -2.22. The van der Waals surface area contributed by atoms with Crippen LogP contribution < -0.4 is 5.32 Å². The van der Waals surface area contributed by atoms with Gasteiger partial charge in [-0.05, 0) is 61.2 Å². The van der Waals surface area contributed by atoms with E-state index in [-0.39, 0.29) is 6.04 Å². The van der Waals surface area contributed by atoms with Crippen LogP contribution in [0.25, 0.3) is 0 Å². The average molecular weight is 289 g/mol. The fourth-order valence-corrected chi connectivity index (χ4v) is 2.52. The van der Waals surface area contributed by atoms with Crippen LogP contribution in [0.3, 0.4) is 0 Å². The van der Waals surface area contributed by atoms with E-state index < -0.39 is 11.6 Å². The minimum Gasteiger partial charge on any atom is -0.306 e. The van der Waals surface area contributed by atoms with Crippen molar-refractivity contribution < 1.29 is 8.78 Å². The molecule has 112 valence electrons. The third-order valence-corrected chi connectivity index (χ3v) is 3.77. The van der Waals surface area contributed by atoms with E-state index in [2.05, 4.69) is 12.2 Å². The molecule has 2 aromatic carbocycles. The molecule has 1 unspecified atom stereocenters. The van der Waals surface area contributed by atoms with Crippen LogP contribution in [0.1, 0.15) is 41.6 Å². The maximum absolute atomic E-state index is 13.5. The highest BCUT2D eigenvalue weighted by molar-refractivity contribution is 5.40. The molecule has 21 heavy (non-hydrogen) atoms. The normalized spacial score (nSPS) is 12.4. The lowest BCUT2D eigenvalue weighted by molar-refractivity contribution is 0.557. The van der Waals surface area contributed by atoms with Crippen molar-refractivity contribution in [1.82, 2.24) is 5.32 Å². The van der Waals surface area contributed by atoms with Crippen LogP contribution in [-0.4, -0.2) is 6.54 Å². The molecule has 3 heteroatoms. The topological polar surface area (TPSA) is 12.0 Å². The Balaban J connectivity index is 2.49. The van der Waals surface area contributed by atoms with Gasteiger partial charge in [0.15, 0.2) is 0 Å². The van der Waals surface area contributed by atoms with Crippen LogP contribution in [0.5, 0.6) is 0 Å². The molecule has 2 aromatic rings. The zero-order chi connectivity index (χ0) is 15.4. The average Bonchev–Trinajstić information content (AvgIpc) is 2.42. The van der Waals surface area contributed by atoms with E-state index in [4.69, 9.17) is 0 Å². The Labute approximate surface area is 125 Å². The van der Waals surface area contributed by atoms with Crippen molar-refractivity contribution in [3.05, 3.63) is 70.3 Å². The third-order valence-electron chi connectivity index (χ3n) is 3.77. The van der Waals surface area contributed by atoms with Gasteiger partial charge >= 0.3 is 0 Å². The second-order valence-corrected chi connectivity index (χ2v) is 5.38. The molecule has 0 aromatic heterocycles. The van der Waals surface area contributed by atoms with E-state index in [1.54, 1.807) is 0 Å². The number of halogens is 2. The molecule has 1 atom stereocenters. The van der Waals surface area contributed by atoms with Crippen molar-refractivity contribution in [1.29, 1.82) is 0 Å². The Morgan fingerprint density at radius 1 is 1.05 bits per heavy atom. The van der Waals surface area contributed by atoms with Crippen molar-refractivity contribution >= 4 is 0 Å². The summed E-state index contributed by atoms with van der Waals surface area (Å²) in [4.78, 5) is 0. The zero-order valence-electron chi connectivity index (χ0n) is 12.7. The highest BCUT2D eigenvalue weighted by atomic mass is 19.1. The number of rotatable bonds is 5. The standard InChI is InChI=1S/C18H21F2N/c1-4-8-21-18(14-9-15(19)11-16(20)10-14)17-7-5-6-12(2)13(17)3/h5-7,9-11,18,21H,4,8H2,1-3H3. The molecule has 0 aliphatic heterocycles. The van der Waals surface area contributed by atoms with Crippen molar-refractivity contribution in [2.75, 3.05) is 6.54 Å². The second-order valence-electron chi connectivity index (χ2n) is 5.38. The number of hydrogen-bond donors (Lipinski definition) is 1. The van der Waals surface area contributed by atoms with Gasteiger partial charge in [0.05, 0.1) is 6.04 Å². The van der Waals surface area contributed by atoms with Crippen LogP contribution in [-0.2, 0) is 0 Å². The van der Waals surface area contributed by atoms with E-state index in [9.17, 15) is 8.78 Å². The minimum atomic E-state index is -0.543. The highest BCUT2D eigenvalue weighted by Crippen LogP contribution is 2.27. The summed E-state index contributed by atoms with van der Waals surface area (Å²) in [6.07, 6.45) is 0.958. The third kappa shape index (κ3) is 3.67. The maximum Gasteiger partial charge on any atom is 0.126 e. The molecule has 0 amide bonds. The van der Waals surface area contributed by atoms with Crippen LogP contribution in [0.2, 0.25) is 0 Å². The van der Waals surface area contributed by atoms with E-state index in [1.165, 1.54) is 17.7 Å². The van der Waals surface area contributed by atoms with Crippen molar-refractivity contribution in [3.8, 4) is 0 Å². The molecule has 0 heterocycles. The fraction of sp³-hybridized carbons (Fsp3) is 0.333. The number of benzene rings is 2. The molecule has 0 saturated carbocycles. The number of aryl methyl sites for hydroxylation is 1. The molecule has 1 N–H and O–H groups in total. The highest BCUT2D eigenvalue weighted by Gasteiger charge is 2.17. The summed E-state index contributed by atoms with van der Waals surface area (Å²) in [5, 5.41) is 3.39. The number of nitrogens with one attached hydrogen (secondary N) is 1. The van der Waals surface area contributed by atoms with Gasteiger partial charge in [0.2, 0.25) is 0 Å².